The van der Waals surface area contributed by atoms with E-state index in [0.717, 1.165) is 17.7 Å². The van der Waals surface area contributed by atoms with E-state index in [9.17, 15) is 0 Å². The second-order valence-corrected chi connectivity index (χ2v) is 5.63. The van der Waals surface area contributed by atoms with E-state index in [1.54, 1.807) is 0 Å². The van der Waals surface area contributed by atoms with Crippen molar-refractivity contribution < 1.29 is 4.74 Å². The van der Waals surface area contributed by atoms with Gasteiger partial charge in [-0.25, -0.2) is 0 Å². The van der Waals surface area contributed by atoms with Gasteiger partial charge in [0.2, 0.25) is 0 Å². The van der Waals surface area contributed by atoms with Crippen LogP contribution in [0, 0.1) is 6.92 Å². The highest BCUT2D eigenvalue weighted by molar-refractivity contribution is 5.32. The molecule has 1 unspecified atom stereocenters. The van der Waals surface area contributed by atoms with Gasteiger partial charge < -0.3 is 10.5 Å². The summed E-state index contributed by atoms with van der Waals surface area (Å²) >= 11 is 0. The first kappa shape index (κ1) is 15.6. The maximum atomic E-state index is 5.88. The van der Waals surface area contributed by atoms with Gasteiger partial charge in [0.1, 0.15) is 12.4 Å². The fraction of sp³-hybridized carbons (Fsp3) is 0.368. The molecular weight excluding hydrogens is 258 g/mol. The van der Waals surface area contributed by atoms with Gasteiger partial charge in [-0.1, -0.05) is 44.2 Å². The SMILES string of the molecule is CCC(C)c1ccc(OCc2ccc(CN)cc2C)cc1. The van der Waals surface area contributed by atoms with Crippen molar-refractivity contribution in [2.45, 2.75) is 46.3 Å². The van der Waals surface area contributed by atoms with Crippen molar-refractivity contribution in [3.05, 3.63) is 64.7 Å². The zero-order chi connectivity index (χ0) is 15.2. The van der Waals surface area contributed by atoms with Gasteiger partial charge in [0, 0.05) is 6.54 Å². The minimum absolute atomic E-state index is 0.582. The minimum Gasteiger partial charge on any atom is -0.489 e. The Morgan fingerprint density at radius 3 is 2.38 bits per heavy atom. The summed E-state index contributed by atoms with van der Waals surface area (Å²) in [5.41, 5.74) is 10.6. The maximum absolute atomic E-state index is 5.88. The summed E-state index contributed by atoms with van der Waals surface area (Å²) in [6.45, 7) is 7.74. The van der Waals surface area contributed by atoms with Crippen LogP contribution in [0.5, 0.6) is 5.75 Å². The summed E-state index contributed by atoms with van der Waals surface area (Å²) in [5, 5.41) is 0. The molecule has 2 N–H and O–H groups in total. The van der Waals surface area contributed by atoms with Crippen LogP contribution in [0.15, 0.2) is 42.5 Å². The Morgan fingerprint density at radius 1 is 1.10 bits per heavy atom. The van der Waals surface area contributed by atoms with E-state index in [2.05, 4.69) is 63.2 Å². The Hall–Kier alpha value is -1.80. The lowest BCUT2D eigenvalue weighted by Gasteiger charge is -2.12. The van der Waals surface area contributed by atoms with Crippen LogP contribution >= 0.6 is 0 Å². The molecule has 2 nitrogen and oxygen atoms in total. The van der Waals surface area contributed by atoms with Gasteiger partial charge in [-0.05, 0) is 53.6 Å². The molecule has 21 heavy (non-hydrogen) atoms. The Labute approximate surface area is 127 Å². The first-order valence-electron chi connectivity index (χ1n) is 7.65. The topological polar surface area (TPSA) is 35.2 Å². The molecule has 112 valence electrons. The predicted molar refractivity (Wildman–Crippen MR) is 88.6 cm³/mol. The van der Waals surface area contributed by atoms with Crippen molar-refractivity contribution in [3.8, 4) is 5.75 Å². The second-order valence-electron chi connectivity index (χ2n) is 5.63. The summed E-state index contributed by atoms with van der Waals surface area (Å²) in [6.07, 6.45) is 1.16. The minimum atomic E-state index is 0.582. The highest BCUT2D eigenvalue weighted by Crippen LogP contribution is 2.22. The Balaban J connectivity index is 1.99. The lowest BCUT2D eigenvalue weighted by atomic mass is 9.99. The van der Waals surface area contributed by atoms with E-state index in [4.69, 9.17) is 10.5 Å². The fourth-order valence-electron chi connectivity index (χ4n) is 2.34. The first-order valence-corrected chi connectivity index (χ1v) is 7.65. The molecule has 0 bridgehead atoms. The van der Waals surface area contributed by atoms with Gasteiger partial charge in [0.15, 0.2) is 0 Å². The summed E-state index contributed by atoms with van der Waals surface area (Å²) in [7, 11) is 0. The van der Waals surface area contributed by atoms with Crippen molar-refractivity contribution >= 4 is 0 Å². The summed E-state index contributed by atoms with van der Waals surface area (Å²) in [6, 6.07) is 14.7. The summed E-state index contributed by atoms with van der Waals surface area (Å²) < 4.78 is 5.88. The van der Waals surface area contributed by atoms with Crippen LogP contribution in [-0.2, 0) is 13.2 Å². The molecule has 0 aliphatic rings. The lowest BCUT2D eigenvalue weighted by Crippen LogP contribution is -2.01. The zero-order valence-electron chi connectivity index (χ0n) is 13.2. The van der Waals surface area contributed by atoms with Gasteiger partial charge >= 0.3 is 0 Å². The molecule has 2 heteroatoms. The average Bonchev–Trinajstić information content (AvgIpc) is 2.53. The van der Waals surface area contributed by atoms with Crippen molar-refractivity contribution in [2.24, 2.45) is 5.73 Å². The highest BCUT2D eigenvalue weighted by Gasteiger charge is 2.04. The largest absolute Gasteiger partial charge is 0.489 e. The molecule has 0 aliphatic carbocycles. The Morgan fingerprint density at radius 2 is 1.81 bits per heavy atom. The molecule has 2 rings (SSSR count). The van der Waals surface area contributed by atoms with E-state index in [0.29, 0.717) is 19.1 Å². The molecular formula is C19H25NO. The number of rotatable bonds is 6. The third-order valence-electron chi connectivity index (χ3n) is 4.10. The van der Waals surface area contributed by atoms with Crippen molar-refractivity contribution in [2.75, 3.05) is 0 Å². The number of ether oxygens (including phenoxy) is 1. The second kappa shape index (κ2) is 7.28. The van der Waals surface area contributed by atoms with Gasteiger partial charge in [-0.3, -0.25) is 0 Å². The summed E-state index contributed by atoms with van der Waals surface area (Å²) in [4.78, 5) is 0. The molecule has 0 saturated carbocycles. The third-order valence-corrected chi connectivity index (χ3v) is 4.10. The smallest absolute Gasteiger partial charge is 0.119 e. The van der Waals surface area contributed by atoms with Crippen LogP contribution in [-0.4, -0.2) is 0 Å². The zero-order valence-corrected chi connectivity index (χ0v) is 13.2. The molecule has 0 radical (unpaired) electrons. The molecule has 2 aromatic carbocycles. The Kier molecular flexibility index (Phi) is 5.40. The number of hydrogen-bond donors (Lipinski definition) is 1. The monoisotopic (exact) mass is 283 g/mol. The van der Waals surface area contributed by atoms with E-state index < -0.39 is 0 Å². The van der Waals surface area contributed by atoms with Crippen LogP contribution < -0.4 is 10.5 Å². The third kappa shape index (κ3) is 4.08. The van der Waals surface area contributed by atoms with Crippen molar-refractivity contribution in [3.63, 3.8) is 0 Å². The number of nitrogens with two attached hydrogens (primary N) is 1. The molecule has 0 fully saturated rings. The Bertz CT molecular complexity index is 575. The number of benzene rings is 2. The van der Waals surface area contributed by atoms with Gasteiger partial charge in [-0.15, -0.1) is 0 Å². The van der Waals surface area contributed by atoms with Crippen LogP contribution in [0.3, 0.4) is 0 Å². The standard InChI is InChI=1S/C19H25NO/c1-4-14(2)17-7-9-19(10-8-17)21-13-18-6-5-16(12-20)11-15(18)3/h5-11,14H,4,12-13,20H2,1-3H3. The van der Waals surface area contributed by atoms with Crippen LogP contribution in [0.25, 0.3) is 0 Å². The van der Waals surface area contributed by atoms with E-state index in [-0.39, 0.29) is 0 Å². The van der Waals surface area contributed by atoms with Crippen LogP contribution in [0.1, 0.15) is 48.4 Å². The maximum Gasteiger partial charge on any atom is 0.119 e. The van der Waals surface area contributed by atoms with Crippen molar-refractivity contribution in [1.29, 1.82) is 0 Å². The van der Waals surface area contributed by atoms with Gasteiger partial charge in [0.05, 0.1) is 0 Å². The molecule has 0 spiro atoms. The molecule has 0 saturated heterocycles. The predicted octanol–water partition coefficient (Wildman–Crippen LogP) is 4.55. The first-order chi connectivity index (χ1) is 10.1. The van der Waals surface area contributed by atoms with Crippen LogP contribution in [0.2, 0.25) is 0 Å². The molecule has 0 amide bonds. The normalized spacial score (nSPS) is 12.2. The number of aryl methyl sites for hydroxylation is 1. The van der Waals surface area contributed by atoms with E-state index in [1.165, 1.54) is 16.7 Å². The molecule has 0 heterocycles. The van der Waals surface area contributed by atoms with Gasteiger partial charge in [-0.2, -0.15) is 0 Å². The van der Waals surface area contributed by atoms with E-state index >= 15 is 0 Å². The quantitative estimate of drug-likeness (QED) is 0.844. The van der Waals surface area contributed by atoms with Crippen molar-refractivity contribution in [1.82, 2.24) is 0 Å². The molecule has 0 aromatic heterocycles. The fourth-order valence-corrected chi connectivity index (χ4v) is 2.34. The molecule has 0 aliphatic heterocycles. The molecule has 1 atom stereocenters. The average molecular weight is 283 g/mol. The number of hydrogen-bond acceptors (Lipinski definition) is 2. The summed E-state index contributed by atoms with van der Waals surface area (Å²) in [5.74, 6) is 1.52. The molecule has 2 aromatic rings. The lowest BCUT2D eigenvalue weighted by molar-refractivity contribution is 0.305. The highest BCUT2D eigenvalue weighted by atomic mass is 16.5. The van der Waals surface area contributed by atoms with Crippen LogP contribution in [0.4, 0.5) is 0 Å². The van der Waals surface area contributed by atoms with E-state index in [1.807, 2.05) is 0 Å². The van der Waals surface area contributed by atoms with Gasteiger partial charge in [0.25, 0.3) is 0 Å².